The van der Waals surface area contributed by atoms with Crippen molar-refractivity contribution in [3.63, 3.8) is 0 Å². The summed E-state index contributed by atoms with van der Waals surface area (Å²) < 4.78 is 18.0. The van der Waals surface area contributed by atoms with Gasteiger partial charge in [0.2, 0.25) is 0 Å². The van der Waals surface area contributed by atoms with Gasteiger partial charge >= 0.3 is 0 Å². The highest BCUT2D eigenvalue weighted by molar-refractivity contribution is 5.35. The topological polar surface area (TPSA) is 21.3 Å². The second-order valence-electron chi connectivity index (χ2n) is 4.28. The van der Waals surface area contributed by atoms with Crippen molar-refractivity contribution in [1.29, 1.82) is 0 Å². The van der Waals surface area contributed by atoms with Gasteiger partial charge in [-0.1, -0.05) is 6.07 Å². The first-order valence-electron chi connectivity index (χ1n) is 5.79. The Morgan fingerprint density at radius 2 is 2.38 bits per heavy atom. The lowest BCUT2D eigenvalue weighted by Crippen LogP contribution is -2.24. The Balaban J connectivity index is 1.91. The monoisotopic (exact) mass is 223 g/mol. The molecule has 1 aromatic carbocycles. The molecule has 0 fully saturated rings. The molecule has 0 bridgehead atoms. The molecule has 3 heteroatoms. The van der Waals surface area contributed by atoms with Crippen LogP contribution in [0.5, 0.6) is 0 Å². The summed E-state index contributed by atoms with van der Waals surface area (Å²) in [6.07, 6.45) is 2.13. The fraction of sp³-hybridized carbons (Fsp3) is 0.538. The van der Waals surface area contributed by atoms with Gasteiger partial charge < -0.3 is 10.1 Å². The van der Waals surface area contributed by atoms with Gasteiger partial charge in [0, 0.05) is 20.2 Å². The predicted octanol–water partition coefficient (Wildman–Crippen LogP) is 2.09. The highest BCUT2D eigenvalue weighted by atomic mass is 19.1. The summed E-state index contributed by atoms with van der Waals surface area (Å²) in [4.78, 5) is 0. The summed E-state index contributed by atoms with van der Waals surface area (Å²) in [5.41, 5.74) is 2.49. The third-order valence-corrected chi connectivity index (χ3v) is 3.18. The van der Waals surface area contributed by atoms with E-state index in [0.29, 0.717) is 5.92 Å². The molecule has 0 radical (unpaired) electrons. The number of hydrogen-bond acceptors (Lipinski definition) is 2. The van der Waals surface area contributed by atoms with E-state index in [0.717, 1.165) is 32.5 Å². The van der Waals surface area contributed by atoms with E-state index < -0.39 is 0 Å². The van der Waals surface area contributed by atoms with Crippen LogP contribution in [0.15, 0.2) is 18.2 Å². The maximum Gasteiger partial charge on any atom is 0.123 e. The summed E-state index contributed by atoms with van der Waals surface area (Å²) in [6, 6.07) is 5.16. The van der Waals surface area contributed by atoms with Crippen LogP contribution in [-0.4, -0.2) is 26.8 Å². The summed E-state index contributed by atoms with van der Waals surface area (Å²) in [5.74, 6) is 0.416. The van der Waals surface area contributed by atoms with E-state index in [1.807, 2.05) is 6.07 Å². The Bertz CT molecular complexity index is 354. The normalized spacial score (nSPS) is 18.8. The largest absolute Gasteiger partial charge is 0.383 e. The van der Waals surface area contributed by atoms with Crippen LogP contribution in [0.1, 0.15) is 23.5 Å². The number of hydrogen-bond donors (Lipinski definition) is 1. The summed E-state index contributed by atoms with van der Waals surface area (Å²) in [6.45, 7) is 2.58. The maximum absolute atomic E-state index is 13.0. The van der Waals surface area contributed by atoms with Crippen molar-refractivity contribution >= 4 is 0 Å². The lowest BCUT2D eigenvalue weighted by atomic mass is 10.0. The van der Waals surface area contributed by atoms with E-state index in [-0.39, 0.29) is 5.82 Å². The molecule has 2 nitrogen and oxygen atoms in total. The molecule has 0 spiro atoms. The second-order valence-corrected chi connectivity index (χ2v) is 4.28. The fourth-order valence-corrected chi connectivity index (χ4v) is 2.34. The molecule has 1 aromatic rings. The summed E-state index contributed by atoms with van der Waals surface area (Å²) >= 11 is 0. The van der Waals surface area contributed by atoms with Crippen LogP contribution in [-0.2, 0) is 11.2 Å². The molecule has 1 aliphatic rings. The first-order chi connectivity index (χ1) is 7.81. The first kappa shape index (κ1) is 11.6. The zero-order chi connectivity index (χ0) is 11.4. The average molecular weight is 223 g/mol. The van der Waals surface area contributed by atoms with Crippen LogP contribution < -0.4 is 5.32 Å². The molecule has 16 heavy (non-hydrogen) atoms. The van der Waals surface area contributed by atoms with Gasteiger partial charge in [0.15, 0.2) is 0 Å². The number of nitrogens with one attached hydrogen (secondary N) is 1. The minimum Gasteiger partial charge on any atom is -0.383 e. The van der Waals surface area contributed by atoms with E-state index in [2.05, 4.69) is 5.32 Å². The zero-order valence-electron chi connectivity index (χ0n) is 9.63. The van der Waals surface area contributed by atoms with Crippen LogP contribution in [0.25, 0.3) is 0 Å². The molecule has 0 aromatic heterocycles. The second kappa shape index (κ2) is 5.41. The van der Waals surface area contributed by atoms with Gasteiger partial charge in [0.05, 0.1) is 6.61 Å². The SMILES string of the molecule is COCCNCC1CCc2cc(F)ccc21. The molecule has 1 N–H and O–H groups in total. The van der Waals surface area contributed by atoms with Crippen LogP contribution in [0.3, 0.4) is 0 Å². The lowest BCUT2D eigenvalue weighted by molar-refractivity contribution is 0.199. The predicted molar refractivity (Wildman–Crippen MR) is 62.2 cm³/mol. The number of halogens is 1. The quantitative estimate of drug-likeness (QED) is 0.772. The van der Waals surface area contributed by atoms with Gasteiger partial charge in [-0.15, -0.1) is 0 Å². The van der Waals surface area contributed by atoms with Gasteiger partial charge in [-0.25, -0.2) is 4.39 Å². The highest BCUT2D eigenvalue weighted by Gasteiger charge is 2.21. The number of benzene rings is 1. The Hall–Kier alpha value is -0.930. The van der Waals surface area contributed by atoms with Crippen molar-refractivity contribution in [3.8, 4) is 0 Å². The summed E-state index contributed by atoms with van der Waals surface area (Å²) in [7, 11) is 1.70. The number of rotatable bonds is 5. The van der Waals surface area contributed by atoms with Gasteiger partial charge in [-0.2, -0.15) is 0 Å². The molecule has 0 aliphatic heterocycles. The van der Waals surface area contributed by atoms with E-state index in [9.17, 15) is 4.39 Å². The third-order valence-electron chi connectivity index (χ3n) is 3.18. The van der Waals surface area contributed by atoms with E-state index in [4.69, 9.17) is 4.74 Å². The number of methoxy groups -OCH3 is 1. The maximum atomic E-state index is 13.0. The average Bonchev–Trinajstić information content (AvgIpc) is 2.67. The van der Waals surface area contributed by atoms with E-state index in [1.54, 1.807) is 19.2 Å². The Morgan fingerprint density at radius 3 is 3.19 bits per heavy atom. The fourth-order valence-electron chi connectivity index (χ4n) is 2.34. The molecule has 1 aliphatic carbocycles. The number of fused-ring (bicyclic) bond motifs is 1. The van der Waals surface area contributed by atoms with Crippen LogP contribution >= 0.6 is 0 Å². The van der Waals surface area contributed by atoms with Crippen molar-refractivity contribution in [2.24, 2.45) is 0 Å². The van der Waals surface area contributed by atoms with Crippen LogP contribution in [0.2, 0.25) is 0 Å². The standard InChI is InChI=1S/C13H18FNO/c1-16-7-6-15-9-11-3-2-10-8-12(14)4-5-13(10)11/h4-5,8,11,15H,2-3,6-7,9H2,1H3. The van der Waals surface area contributed by atoms with Gasteiger partial charge in [-0.05, 0) is 42.0 Å². The highest BCUT2D eigenvalue weighted by Crippen LogP contribution is 2.32. The van der Waals surface area contributed by atoms with Crippen LogP contribution in [0, 0.1) is 5.82 Å². The lowest BCUT2D eigenvalue weighted by Gasteiger charge is -2.12. The molecule has 0 heterocycles. The van der Waals surface area contributed by atoms with E-state index >= 15 is 0 Å². The molecular formula is C13H18FNO. The van der Waals surface area contributed by atoms with Crippen molar-refractivity contribution in [2.75, 3.05) is 26.8 Å². The Kier molecular flexibility index (Phi) is 3.91. The first-order valence-corrected chi connectivity index (χ1v) is 5.79. The molecule has 2 rings (SSSR count). The number of ether oxygens (including phenoxy) is 1. The van der Waals surface area contributed by atoms with Gasteiger partial charge in [0.25, 0.3) is 0 Å². The van der Waals surface area contributed by atoms with Gasteiger partial charge in [-0.3, -0.25) is 0 Å². The minimum absolute atomic E-state index is 0.119. The Labute approximate surface area is 95.8 Å². The molecule has 0 saturated heterocycles. The third kappa shape index (κ3) is 2.60. The molecule has 1 atom stereocenters. The molecule has 0 saturated carbocycles. The van der Waals surface area contributed by atoms with Crippen molar-refractivity contribution < 1.29 is 9.13 Å². The smallest absolute Gasteiger partial charge is 0.123 e. The van der Waals surface area contributed by atoms with Crippen molar-refractivity contribution in [2.45, 2.75) is 18.8 Å². The van der Waals surface area contributed by atoms with Gasteiger partial charge in [0.1, 0.15) is 5.82 Å². The van der Waals surface area contributed by atoms with E-state index in [1.165, 1.54) is 11.1 Å². The number of aryl methyl sites for hydroxylation is 1. The Morgan fingerprint density at radius 1 is 1.50 bits per heavy atom. The van der Waals surface area contributed by atoms with Crippen LogP contribution in [0.4, 0.5) is 4.39 Å². The molecule has 88 valence electrons. The van der Waals surface area contributed by atoms with Crippen molar-refractivity contribution in [1.82, 2.24) is 5.32 Å². The summed E-state index contributed by atoms with van der Waals surface area (Å²) in [5, 5.41) is 3.37. The van der Waals surface area contributed by atoms with Crippen molar-refractivity contribution in [3.05, 3.63) is 35.1 Å². The molecule has 1 unspecified atom stereocenters. The zero-order valence-corrected chi connectivity index (χ0v) is 9.63. The minimum atomic E-state index is -0.119. The molecule has 0 amide bonds. The molecular weight excluding hydrogens is 205 g/mol.